The minimum Gasteiger partial charge on any atom is -0.376 e. The largest absolute Gasteiger partial charge is 0.376 e. The van der Waals surface area contributed by atoms with Gasteiger partial charge in [-0.25, -0.2) is 0 Å². The minimum atomic E-state index is -0.188. The van der Waals surface area contributed by atoms with Crippen LogP contribution in [-0.4, -0.2) is 21.9 Å². The quantitative estimate of drug-likeness (QED) is 0.134. The maximum atomic E-state index is 2.68. The summed E-state index contributed by atoms with van der Waals surface area (Å²) in [5, 5.41) is 4.92. The van der Waals surface area contributed by atoms with E-state index in [0.717, 1.165) is 34.9 Å². The number of para-hydroxylation sites is 4. The third-order valence-electron chi connectivity index (χ3n) is 14.8. The average molecular weight is 907 g/mol. The van der Waals surface area contributed by atoms with Crippen molar-refractivity contribution in [3.63, 3.8) is 0 Å². The third-order valence-corrected chi connectivity index (χ3v) is 14.8. The normalized spacial score (nSPS) is 13.9. The van der Waals surface area contributed by atoms with Crippen LogP contribution in [0, 0.1) is 0 Å². The number of allylic oxidation sites excluding steroid dienone is 2. The summed E-state index contributed by atoms with van der Waals surface area (Å²) in [5.74, 6) is 0. The topological polar surface area (TPSA) is 16.3 Å². The first-order valence-corrected chi connectivity index (χ1v) is 24.7. The van der Waals surface area contributed by atoms with Gasteiger partial charge in [0.05, 0.1) is 17.1 Å². The van der Waals surface area contributed by atoms with E-state index in [2.05, 4.69) is 286 Å². The molecule has 1 aliphatic carbocycles. The van der Waals surface area contributed by atoms with Crippen LogP contribution >= 0.6 is 0 Å². The first-order valence-electron chi connectivity index (χ1n) is 24.7. The van der Waals surface area contributed by atoms with E-state index >= 15 is 0 Å². The number of nitrogens with zero attached hydrogens (tertiary/aromatic N) is 4. The number of hydrogen-bond donors (Lipinski definition) is 0. The molecule has 71 heavy (non-hydrogen) atoms. The summed E-state index contributed by atoms with van der Waals surface area (Å²) in [6.07, 6.45) is 9.94. The highest BCUT2D eigenvalue weighted by Gasteiger charge is 2.38. The summed E-state index contributed by atoms with van der Waals surface area (Å²) in [4.78, 5) is 4.94. The number of anilines is 5. The van der Waals surface area contributed by atoms with Crippen LogP contribution in [0.3, 0.4) is 0 Å². The second kappa shape index (κ2) is 16.9. The fraction of sp³-hybridized carbons (Fsp3) is 0.0303. The highest BCUT2D eigenvalue weighted by molar-refractivity contribution is 6.88. The van der Waals surface area contributed by atoms with Gasteiger partial charge in [0.25, 0.3) is 0 Å². The summed E-state index contributed by atoms with van der Waals surface area (Å²) in [5.41, 5.74) is 19.0. The molecule has 0 radical (unpaired) electrons. The molecule has 0 amide bonds. The molecular formula is C66H47BN4. The monoisotopic (exact) mass is 906 g/mol. The minimum absolute atomic E-state index is 0.118. The Kier molecular flexibility index (Phi) is 9.73. The molecule has 2 aromatic heterocycles. The van der Waals surface area contributed by atoms with Gasteiger partial charge in [0, 0.05) is 66.7 Å². The maximum Gasteiger partial charge on any atom is 0.332 e. The number of fused-ring (bicyclic) bond motifs is 8. The van der Waals surface area contributed by atoms with Crippen LogP contribution in [-0.2, 0) is 0 Å². The molecule has 4 nitrogen and oxygen atoms in total. The smallest absolute Gasteiger partial charge is 0.332 e. The standard InChI is InChI=1S/C66H47BN4/c1-7-21-46(22-8-1)48-35-38-56-57-39-36-49(47-23-9-2-10-24-47)42-65(57)71(64(56)41-48)67-60-33-19-20-34-63(60)70-62-40-37-54(68(50-25-11-3-12-26-50)51-27-13-4-14-28-51)43-58(62)59-44-55(45-61(67)66(59)70)69(52-29-15-5-16-30-52)53-31-17-6-18-32-53/h1-31,33-45,53H,32H2. The molecule has 0 saturated heterocycles. The molecule has 0 fully saturated rings. The van der Waals surface area contributed by atoms with E-state index in [-0.39, 0.29) is 12.9 Å². The van der Waals surface area contributed by atoms with Crippen molar-refractivity contribution in [1.29, 1.82) is 0 Å². The zero-order valence-corrected chi connectivity index (χ0v) is 39.1. The van der Waals surface area contributed by atoms with Crippen LogP contribution < -0.4 is 20.7 Å². The third kappa shape index (κ3) is 6.76. The van der Waals surface area contributed by atoms with Crippen LogP contribution in [0.4, 0.5) is 28.4 Å². The van der Waals surface area contributed by atoms with Crippen molar-refractivity contribution in [2.24, 2.45) is 0 Å². The Balaban J connectivity index is 1.11. The van der Waals surface area contributed by atoms with Crippen molar-refractivity contribution in [1.82, 2.24) is 9.05 Å². The predicted octanol–water partition coefficient (Wildman–Crippen LogP) is 15.7. The van der Waals surface area contributed by atoms with Gasteiger partial charge in [-0.05, 0) is 125 Å². The lowest BCUT2D eigenvalue weighted by Crippen LogP contribution is -2.53. The van der Waals surface area contributed by atoms with Crippen molar-refractivity contribution in [3.8, 4) is 27.9 Å². The summed E-state index contributed by atoms with van der Waals surface area (Å²) in [6.45, 7) is -0.188. The van der Waals surface area contributed by atoms with E-state index < -0.39 is 0 Å². The molecule has 2 aliphatic rings. The molecule has 10 aromatic carbocycles. The van der Waals surface area contributed by atoms with Gasteiger partial charge in [-0.3, -0.25) is 0 Å². The van der Waals surface area contributed by atoms with Crippen molar-refractivity contribution < 1.29 is 0 Å². The second-order valence-corrected chi connectivity index (χ2v) is 18.8. The van der Waals surface area contributed by atoms with Gasteiger partial charge in [-0.15, -0.1) is 0 Å². The lowest BCUT2D eigenvalue weighted by molar-refractivity contribution is 0.786. The van der Waals surface area contributed by atoms with Gasteiger partial charge in [-0.1, -0.05) is 182 Å². The van der Waals surface area contributed by atoms with Crippen molar-refractivity contribution in [2.45, 2.75) is 12.5 Å². The van der Waals surface area contributed by atoms with E-state index in [1.54, 1.807) is 0 Å². The van der Waals surface area contributed by atoms with Crippen LogP contribution in [0.25, 0.3) is 71.6 Å². The Morgan fingerprint density at radius 1 is 0.380 bits per heavy atom. The fourth-order valence-electron chi connectivity index (χ4n) is 11.7. The Labute approximate surface area is 414 Å². The molecule has 14 rings (SSSR count). The summed E-state index contributed by atoms with van der Waals surface area (Å²) < 4.78 is 5.24. The molecule has 1 atom stereocenters. The second-order valence-electron chi connectivity index (χ2n) is 18.8. The zero-order valence-electron chi connectivity index (χ0n) is 39.1. The zero-order chi connectivity index (χ0) is 46.8. The fourth-order valence-corrected chi connectivity index (χ4v) is 11.7. The van der Waals surface area contributed by atoms with Crippen molar-refractivity contribution in [3.05, 3.63) is 267 Å². The summed E-state index contributed by atoms with van der Waals surface area (Å²) in [6, 6.07) is 89.6. The van der Waals surface area contributed by atoms with E-state index in [0.29, 0.717) is 0 Å². The molecule has 0 N–H and O–H groups in total. The molecule has 1 aliphatic heterocycles. The maximum absolute atomic E-state index is 2.68. The molecule has 12 aromatic rings. The molecule has 0 saturated carbocycles. The molecule has 0 spiro atoms. The van der Waals surface area contributed by atoms with Gasteiger partial charge in [0.2, 0.25) is 0 Å². The summed E-state index contributed by atoms with van der Waals surface area (Å²) in [7, 11) is 0. The van der Waals surface area contributed by atoms with Crippen LogP contribution in [0.5, 0.6) is 0 Å². The van der Waals surface area contributed by atoms with Gasteiger partial charge >= 0.3 is 6.85 Å². The van der Waals surface area contributed by atoms with E-state index in [9.17, 15) is 0 Å². The summed E-state index contributed by atoms with van der Waals surface area (Å²) >= 11 is 0. The molecule has 0 bridgehead atoms. The SMILES string of the molecule is C1=CCC(N(c2ccccc2)c2cc3c4c(c2)c2cc(N(c5ccccc5)c5ccccc5)ccc2n4-c2ccccc2B3n2c3cc(-c4ccccc4)ccc3c3ccc(-c4ccccc4)cc32)C=C1. The first kappa shape index (κ1) is 41.0. The van der Waals surface area contributed by atoms with Gasteiger partial charge < -0.3 is 18.8 Å². The molecule has 334 valence electrons. The Bertz CT molecular complexity index is 3890. The van der Waals surface area contributed by atoms with Crippen LogP contribution in [0.2, 0.25) is 0 Å². The van der Waals surface area contributed by atoms with Crippen LogP contribution in [0.1, 0.15) is 6.42 Å². The number of benzene rings is 10. The lowest BCUT2D eigenvalue weighted by Gasteiger charge is -2.34. The van der Waals surface area contributed by atoms with Crippen LogP contribution in [0.15, 0.2) is 267 Å². The van der Waals surface area contributed by atoms with Gasteiger partial charge in [0.1, 0.15) is 0 Å². The highest BCUT2D eigenvalue weighted by Crippen LogP contribution is 2.44. The molecular weight excluding hydrogens is 860 g/mol. The lowest BCUT2D eigenvalue weighted by atomic mass is 9.48. The number of hydrogen-bond acceptors (Lipinski definition) is 2. The molecule has 3 heterocycles. The number of aromatic nitrogens is 2. The molecule has 5 heteroatoms. The van der Waals surface area contributed by atoms with Gasteiger partial charge in [-0.2, -0.15) is 0 Å². The predicted molar refractivity (Wildman–Crippen MR) is 301 cm³/mol. The Morgan fingerprint density at radius 2 is 0.930 bits per heavy atom. The molecule has 1 unspecified atom stereocenters. The van der Waals surface area contributed by atoms with Crippen molar-refractivity contribution >= 4 is 89.8 Å². The van der Waals surface area contributed by atoms with E-state index in [1.165, 1.54) is 82.5 Å². The average Bonchev–Trinajstić information content (AvgIpc) is 3.95. The Morgan fingerprint density at radius 3 is 1.52 bits per heavy atom. The highest BCUT2D eigenvalue weighted by atomic mass is 15.2. The van der Waals surface area contributed by atoms with E-state index in [4.69, 9.17) is 0 Å². The van der Waals surface area contributed by atoms with Crippen molar-refractivity contribution in [2.75, 3.05) is 9.80 Å². The number of rotatable bonds is 9. The first-order chi connectivity index (χ1) is 35.2. The van der Waals surface area contributed by atoms with Gasteiger partial charge in [0.15, 0.2) is 0 Å². The Hall–Kier alpha value is -9.06. The van der Waals surface area contributed by atoms with E-state index in [1.807, 2.05) is 0 Å².